The molecule has 1 aliphatic rings. The number of hydrogen-bond donors (Lipinski definition) is 1. The van der Waals surface area contributed by atoms with Gasteiger partial charge in [0.2, 0.25) is 0 Å². The van der Waals surface area contributed by atoms with Crippen molar-refractivity contribution in [1.82, 2.24) is 0 Å². The fourth-order valence-corrected chi connectivity index (χ4v) is 5.07. The molecule has 1 unspecified atom stereocenters. The van der Waals surface area contributed by atoms with Gasteiger partial charge in [-0.3, -0.25) is 4.79 Å². The highest BCUT2D eigenvalue weighted by Crippen LogP contribution is 2.35. The van der Waals surface area contributed by atoms with Crippen LogP contribution in [0.5, 0.6) is 0 Å². The van der Waals surface area contributed by atoms with Crippen LogP contribution in [0.4, 0.5) is 0 Å². The second-order valence-electron chi connectivity index (χ2n) is 8.77. The number of hydrogen-bond acceptors (Lipinski definition) is 4. The molecule has 0 aliphatic heterocycles. The fraction of sp³-hybridized carbons (Fsp3) is 0.444. The first-order valence-corrected chi connectivity index (χ1v) is 11.1. The third-order valence-electron chi connectivity index (χ3n) is 6.64. The summed E-state index contributed by atoms with van der Waals surface area (Å²) in [5, 5.41) is 18.6. The Bertz CT molecular complexity index is 979. The van der Waals surface area contributed by atoms with Crippen LogP contribution in [0.15, 0.2) is 30.3 Å². The van der Waals surface area contributed by atoms with Gasteiger partial charge in [-0.05, 0) is 91.3 Å². The molecule has 31 heavy (non-hydrogen) atoms. The zero-order valence-corrected chi connectivity index (χ0v) is 18.5. The summed E-state index contributed by atoms with van der Waals surface area (Å²) in [7, 11) is 0. The number of Topliss-reactive ketones (excluding diaryl/α,β-unsaturated/α-hetero) is 1. The van der Waals surface area contributed by atoms with Crippen molar-refractivity contribution in [3.05, 3.63) is 69.3 Å². The van der Waals surface area contributed by atoms with Crippen LogP contribution in [-0.4, -0.2) is 23.8 Å². The number of aryl methyl sites for hydroxylation is 3. The highest BCUT2D eigenvalue weighted by molar-refractivity contribution is 5.83. The number of carbonyl (C=O) groups excluding carboxylic acids is 2. The van der Waals surface area contributed by atoms with Crippen LogP contribution >= 0.6 is 0 Å². The summed E-state index contributed by atoms with van der Waals surface area (Å²) in [4.78, 5) is 23.5. The molecule has 1 N–H and O–H groups in total. The summed E-state index contributed by atoms with van der Waals surface area (Å²) in [5.41, 5.74) is 7.41. The third-order valence-corrected chi connectivity index (χ3v) is 6.64. The molecule has 0 heterocycles. The molecular weight excluding hydrogens is 386 g/mol. The molecule has 1 aliphatic carbocycles. The Morgan fingerprint density at radius 1 is 1.10 bits per heavy atom. The zero-order chi connectivity index (χ0) is 22.4. The van der Waals surface area contributed by atoms with Crippen molar-refractivity contribution in [2.24, 2.45) is 11.8 Å². The number of aldehydes is 1. The zero-order valence-electron chi connectivity index (χ0n) is 18.5. The van der Waals surface area contributed by atoms with Gasteiger partial charge >= 0.3 is 0 Å². The van der Waals surface area contributed by atoms with Crippen LogP contribution in [0.25, 0.3) is 0 Å². The highest BCUT2D eigenvalue weighted by Gasteiger charge is 2.34. The number of rotatable bonds is 9. The van der Waals surface area contributed by atoms with Crippen molar-refractivity contribution in [3.8, 4) is 6.07 Å². The van der Waals surface area contributed by atoms with Gasteiger partial charge in [-0.1, -0.05) is 24.3 Å². The molecule has 0 radical (unpaired) electrons. The lowest BCUT2D eigenvalue weighted by Gasteiger charge is -2.20. The topological polar surface area (TPSA) is 78.2 Å². The molecule has 4 heteroatoms. The molecule has 0 spiro atoms. The second kappa shape index (κ2) is 10.5. The van der Waals surface area contributed by atoms with Crippen LogP contribution in [0.1, 0.15) is 58.2 Å². The largest absolute Gasteiger partial charge is 0.396 e. The molecule has 4 nitrogen and oxygen atoms in total. The molecule has 2 atom stereocenters. The average Bonchev–Trinajstić information content (AvgIpc) is 3.08. The molecule has 0 aromatic heterocycles. The summed E-state index contributed by atoms with van der Waals surface area (Å²) in [6.45, 7) is 4.30. The van der Waals surface area contributed by atoms with Gasteiger partial charge in [0.15, 0.2) is 0 Å². The number of aliphatic hydroxyl groups excluding tert-OH is 1. The Labute approximate surface area is 184 Å². The average molecular weight is 418 g/mol. The Morgan fingerprint density at radius 2 is 1.84 bits per heavy atom. The van der Waals surface area contributed by atoms with E-state index in [1.54, 1.807) is 0 Å². The van der Waals surface area contributed by atoms with E-state index in [4.69, 9.17) is 0 Å². The van der Waals surface area contributed by atoms with Crippen LogP contribution in [0.2, 0.25) is 0 Å². The minimum Gasteiger partial charge on any atom is -0.396 e. The maximum Gasteiger partial charge on any atom is 0.136 e. The van der Waals surface area contributed by atoms with Gasteiger partial charge in [0, 0.05) is 25.4 Å². The van der Waals surface area contributed by atoms with E-state index in [1.165, 1.54) is 22.3 Å². The number of nitriles is 1. The van der Waals surface area contributed by atoms with Crippen molar-refractivity contribution >= 4 is 12.1 Å². The molecule has 0 saturated heterocycles. The fourth-order valence-electron chi connectivity index (χ4n) is 5.07. The van der Waals surface area contributed by atoms with Gasteiger partial charge in [0.25, 0.3) is 0 Å². The van der Waals surface area contributed by atoms with Gasteiger partial charge in [-0.25, -0.2) is 0 Å². The Balaban J connectivity index is 1.78. The summed E-state index contributed by atoms with van der Waals surface area (Å²) in [6.07, 6.45) is 5.62. The lowest BCUT2D eigenvalue weighted by molar-refractivity contribution is -0.121. The smallest absolute Gasteiger partial charge is 0.136 e. The van der Waals surface area contributed by atoms with Gasteiger partial charge in [0.1, 0.15) is 12.1 Å². The van der Waals surface area contributed by atoms with Gasteiger partial charge in [0.05, 0.1) is 11.6 Å². The summed E-state index contributed by atoms with van der Waals surface area (Å²) < 4.78 is 0. The highest BCUT2D eigenvalue weighted by atomic mass is 16.3. The Morgan fingerprint density at radius 3 is 2.48 bits per heavy atom. The van der Waals surface area contributed by atoms with Gasteiger partial charge < -0.3 is 9.90 Å². The van der Waals surface area contributed by atoms with E-state index in [2.05, 4.69) is 32.0 Å². The van der Waals surface area contributed by atoms with Crippen LogP contribution in [0, 0.1) is 37.0 Å². The molecule has 162 valence electrons. The SMILES string of the molecule is Cc1cc(CC2C(=O)CC[C@@H]2Cc2ccc(C#N)c(CCC=O)c2)cc(C)c1CCO. The van der Waals surface area contributed by atoms with Crippen LogP contribution in [-0.2, 0) is 35.3 Å². The Hall–Kier alpha value is -2.77. The van der Waals surface area contributed by atoms with Crippen LogP contribution < -0.4 is 0 Å². The first kappa shape index (κ1) is 22.9. The van der Waals surface area contributed by atoms with Crippen molar-refractivity contribution in [2.45, 2.75) is 58.8 Å². The molecular formula is C27H31NO3. The quantitative estimate of drug-likeness (QED) is 0.620. The molecule has 0 amide bonds. The monoisotopic (exact) mass is 417 g/mol. The lowest BCUT2D eigenvalue weighted by atomic mass is 9.83. The van der Waals surface area contributed by atoms with E-state index in [0.717, 1.165) is 36.7 Å². The minimum atomic E-state index is 0.0107. The van der Waals surface area contributed by atoms with Gasteiger partial charge in [-0.15, -0.1) is 0 Å². The number of benzene rings is 2. The lowest BCUT2D eigenvalue weighted by Crippen LogP contribution is -2.20. The molecule has 1 fully saturated rings. The predicted octanol–water partition coefficient (Wildman–Crippen LogP) is 4.22. The molecule has 2 aromatic carbocycles. The number of carbonyl (C=O) groups is 2. The van der Waals surface area contributed by atoms with Crippen molar-refractivity contribution in [2.75, 3.05) is 6.61 Å². The number of aliphatic hydroxyl groups is 1. The summed E-state index contributed by atoms with van der Waals surface area (Å²) in [5.74, 6) is 0.642. The van der Waals surface area contributed by atoms with Crippen molar-refractivity contribution < 1.29 is 14.7 Å². The van der Waals surface area contributed by atoms with Crippen molar-refractivity contribution in [1.29, 1.82) is 5.26 Å². The summed E-state index contributed by atoms with van der Waals surface area (Å²) in [6, 6.07) is 12.4. The maximum atomic E-state index is 12.7. The van der Waals surface area contributed by atoms with Gasteiger partial charge in [-0.2, -0.15) is 5.26 Å². The molecule has 3 rings (SSSR count). The van der Waals surface area contributed by atoms with E-state index >= 15 is 0 Å². The first-order chi connectivity index (χ1) is 15.0. The first-order valence-electron chi connectivity index (χ1n) is 11.1. The molecule has 0 bridgehead atoms. The Kier molecular flexibility index (Phi) is 7.76. The number of nitrogens with zero attached hydrogens (tertiary/aromatic N) is 1. The minimum absolute atomic E-state index is 0.0107. The van der Waals surface area contributed by atoms with E-state index in [1.807, 2.05) is 18.2 Å². The molecule has 2 aromatic rings. The number of ketones is 1. The predicted molar refractivity (Wildman–Crippen MR) is 121 cm³/mol. The summed E-state index contributed by atoms with van der Waals surface area (Å²) >= 11 is 0. The van der Waals surface area contributed by atoms with Crippen LogP contribution in [0.3, 0.4) is 0 Å². The standard InChI is InChI=1S/C27H31NO3/c1-18-12-21(13-19(2)25(18)9-11-30)16-26-23(7-8-27(26)31)15-20-5-6-24(17-28)22(14-20)4-3-10-29/h5-6,10,12-14,23,26,30H,3-4,7-9,11,15-16H2,1-2H3/t23-,26?/m1/s1. The van der Waals surface area contributed by atoms with E-state index in [9.17, 15) is 20.0 Å². The van der Waals surface area contributed by atoms with E-state index in [-0.39, 0.29) is 18.4 Å². The maximum absolute atomic E-state index is 12.7. The molecule has 1 saturated carbocycles. The van der Waals surface area contributed by atoms with E-state index < -0.39 is 0 Å². The normalized spacial score (nSPS) is 18.2. The van der Waals surface area contributed by atoms with Crippen molar-refractivity contribution in [3.63, 3.8) is 0 Å². The van der Waals surface area contributed by atoms with E-state index in [0.29, 0.717) is 37.0 Å². The second-order valence-corrected chi connectivity index (χ2v) is 8.77. The third kappa shape index (κ3) is 5.48.